The fraction of sp³-hybridized carbons (Fsp3) is 0.905. The highest BCUT2D eigenvalue weighted by atomic mass is 31.2. The van der Waals surface area contributed by atoms with Crippen LogP contribution in [0.5, 0.6) is 0 Å². The van der Waals surface area contributed by atoms with Gasteiger partial charge < -0.3 is 34.8 Å². The van der Waals surface area contributed by atoms with Crippen LogP contribution in [0.25, 0.3) is 0 Å². The van der Waals surface area contributed by atoms with Crippen LogP contribution in [0.1, 0.15) is 195 Å². The van der Waals surface area contributed by atoms with Gasteiger partial charge in [-0.1, -0.05) is 154 Å². The molecule has 5 N–H and O–H groups in total. The van der Waals surface area contributed by atoms with E-state index < -0.39 is 70.6 Å². The van der Waals surface area contributed by atoms with Crippen LogP contribution < -0.4 is 0 Å². The van der Waals surface area contributed by atoms with E-state index in [1.54, 1.807) is 0 Å². The molecule has 0 aliphatic heterocycles. The largest absolute Gasteiger partial charge is 0.472 e. The summed E-state index contributed by atoms with van der Waals surface area (Å²) in [6, 6.07) is 0. The Morgan fingerprint density at radius 3 is 1.53 bits per heavy atom. The summed E-state index contributed by atoms with van der Waals surface area (Å²) in [7, 11) is -5.07. The maximum Gasteiger partial charge on any atom is 0.472 e. The summed E-state index contributed by atoms with van der Waals surface area (Å²) in [6.07, 6.45) is 26.8. The van der Waals surface area contributed by atoms with E-state index in [0.29, 0.717) is 12.8 Å². The minimum Gasteiger partial charge on any atom is -0.462 e. The number of allylic oxidation sites excluding steroid dienone is 2. The van der Waals surface area contributed by atoms with Gasteiger partial charge in [0.1, 0.15) is 24.9 Å². The van der Waals surface area contributed by atoms with Crippen molar-refractivity contribution in [2.75, 3.05) is 26.4 Å². The van der Waals surface area contributed by atoms with E-state index in [9.17, 15) is 34.4 Å². The van der Waals surface area contributed by atoms with Gasteiger partial charge in [0, 0.05) is 12.8 Å². The number of ether oxygens (including phenoxy) is 2. The van der Waals surface area contributed by atoms with E-state index in [4.69, 9.17) is 25.0 Å². The number of esters is 2. The van der Waals surface area contributed by atoms with E-state index in [2.05, 4.69) is 26.0 Å². The second kappa shape index (κ2) is 38.2. The molecule has 0 radical (unpaired) electrons. The molecule has 0 rings (SSSR count). The van der Waals surface area contributed by atoms with Gasteiger partial charge in [-0.15, -0.1) is 0 Å². The highest BCUT2D eigenvalue weighted by molar-refractivity contribution is 7.47. The molecule has 0 spiro atoms. The first-order chi connectivity index (χ1) is 27.0. The summed E-state index contributed by atoms with van der Waals surface area (Å²) in [5.41, 5.74) is 0. The summed E-state index contributed by atoms with van der Waals surface area (Å²) in [5.74, 6) is -1.38. The first-order valence-electron chi connectivity index (χ1n) is 22.3. The number of phosphoric acid groups is 1. The monoisotopic (exact) mass is 810 g/mol. The molecular weight excluding hydrogens is 727 g/mol. The van der Waals surface area contributed by atoms with Gasteiger partial charge in [0.15, 0.2) is 6.10 Å². The lowest BCUT2D eigenvalue weighted by Gasteiger charge is -2.26. The van der Waals surface area contributed by atoms with Crippen molar-refractivity contribution in [3.05, 3.63) is 12.2 Å². The molecule has 0 saturated carbocycles. The van der Waals surface area contributed by atoms with Crippen LogP contribution in [0.2, 0.25) is 0 Å². The van der Waals surface area contributed by atoms with Crippen LogP contribution in [-0.2, 0) is 32.7 Å². The number of hydrogen-bond donors (Lipinski definition) is 5. The van der Waals surface area contributed by atoms with Crippen molar-refractivity contribution in [1.82, 2.24) is 0 Å². The average Bonchev–Trinajstić information content (AvgIpc) is 3.18. The summed E-state index contributed by atoms with van der Waals surface area (Å²) in [6.45, 7) is -0.107. The number of rotatable bonds is 41. The summed E-state index contributed by atoms with van der Waals surface area (Å²) >= 11 is 0. The zero-order valence-corrected chi connectivity index (χ0v) is 35.4. The highest BCUT2D eigenvalue weighted by Crippen LogP contribution is 2.45. The molecule has 55 heavy (non-hydrogen) atoms. The van der Waals surface area contributed by atoms with Crippen molar-refractivity contribution in [1.29, 1.82) is 0 Å². The maximum absolute atomic E-state index is 12.7. The smallest absolute Gasteiger partial charge is 0.462 e. The van der Waals surface area contributed by atoms with Gasteiger partial charge in [-0.05, 0) is 38.5 Å². The first-order valence-corrected chi connectivity index (χ1v) is 23.2. The Morgan fingerprint density at radius 1 is 0.636 bits per heavy atom. The Balaban J connectivity index is 4.76. The van der Waals surface area contributed by atoms with E-state index in [0.717, 1.165) is 51.4 Å². The number of unbranched alkanes of at least 4 members (excludes halogenated alkanes) is 23. The summed E-state index contributed by atoms with van der Waals surface area (Å²) in [5, 5.41) is 38.2. The van der Waals surface area contributed by atoms with E-state index >= 15 is 0 Å². The zero-order chi connectivity index (χ0) is 41.7. The second-order valence-corrected chi connectivity index (χ2v) is 16.2. The van der Waals surface area contributed by atoms with Crippen molar-refractivity contribution in [3.8, 4) is 0 Å². The minimum absolute atomic E-state index is 0.00695. The van der Waals surface area contributed by atoms with Gasteiger partial charge in [-0.25, -0.2) is 4.57 Å². The lowest BCUT2D eigenvalue weighted by atomic mass is 10.0. The van der Waals surface area contributed by atoms with Crippen molar-refractivity contribution in [3.63, 3.8) is 0 Å². The molecule has 0 aromatic carbocycles. The number of aliphatic hydroxyl groups excluding tert-OH is 4. The Hall–Kier alpha value is -1.37. The van der Waals surface area contributed by atoms with E-state index in [-0.39, 0.29) is 12.8 Å². The number of hydrogen-bond acceptors (Lipinski definition) is 11. The first kappa shape index (κ1) is 51.6. The average molecular weight is 810 g/mol. The van der Waals surface area contributed by atoms with Gasteiger partial charge in [0.25, 0.3) is 0 Å². The molecule has 13 heteroatoms. The predicted molar refractivity (Wildman–Crippen MR) is 217 cm³/mol. The van der Waals surface area contributed by atoms with Crippen molar-refractivity contribution in [2.24, 2.45) is 0 Å². The Bertz CT molecular complexity index is 1000. The number of aliphatic hydroxyl groups is 4. The molecule has 6 atom stereocenters. The molecule has 0 bridgehead atoms. The molecule has 326 valence electrons. The zero-order valence-electron chi connectivity index (χ0n) is 35.5. The standard InChI is InChI=1S/C42H81O12P/c1-3-5-7-9-11-13-15-17-18-20-21-23-25-27-29-31-40(46)51-35-37(36-52-55(49,50)54-39(34-44)42(48)38(45)33-43)53-41(47)32-30-28-26-24-22-19-16-14-12-10-8-6-4-2/h22,24,37-39,42-45,48H,3-21,23,25-36H2,1-2H3,(H,49,50)/b24-22-/t37-,38-,39-,42+/m1/s1/i35D/t35?,37-,38-,39-,42+. The second-order valence-electron chi connectivity index (χ2n) is 14.8. The molecule has 0 amide bonds. The normalized spacial score (nSPS) is 15.9. The van der Waals surface area contributed by atoms with Crippen molar-refractivity contribution >= 4 is 19.8 Å². The topological polar surface area (TPSA) is 189 Å². The molecule has 0 fully saturated rings. The van der Waals surface area contributed by atoms with Gasteiger partial charge in [0.2, 0.25) is 0 Å². The maximum atomic E-state index is 12.7. The van der Waals surface area contributed by atoms with E-state index in [1.165, 1.54) is 103 Å². The van der Waals surface area contributed by atoms with Gasteiger partial charge in [0.05, 0.1) is 21.2 Å². The third-order valence-electron chi connectivity index (χ3n) is 9.57. The SMILES string of the molecule is [2H]C(OC(=O)CCCCCCCCCCCCCCCCC)[C@H](COP(=O)(O)O[C@H](CO)[C@@H](O)[C@H](O)CO)OC(=O)CCCC/C=C\CCCCCCCCC. The van der Waals surface area contributed by atoms with Crippen molar-refractivity contribution in [2.45, 2.75) is 218 Å². The number of carbonyl (C=O) groups is 2. The van der Waals surface area contributed by atoms with E-state index in [1.807, 2.05) is 0 Å². The molecule has 0 aromatic heterocycles. The van der Waals surface area contributed by atoms with Crippen LogP contribution in [0.15, 0.2) is 12.2 Å². The Labute approximate surface area is 335 Å². The third kappa shape index (κ3) is 34.4. The van der Waals surface area contributed by atoms with Crippen LogP contribution >= 0.6 is 7.82 Å². The van der Waals surface area contributed by atoms with Crippen molar-refractivity contribution < 1.29 is 59.4 Å². The molecule has 0 heterocycles. The molecule has 2 unspecified atom stereocenters. The van der Waals surface area contributed by atoms with Crippen LogP contribution in [0.3, 0.4) is 0 Å². The highest BCUT2D eigenvalue weighted by Gasteiger charge is 2.35. The van der Waals surface area contributed by atoms with Gasteiger partial charge in [-0.3, -0.25) is 18.6 Å². The lowest BCUT2D eigenvalue weighted by Crippen LogP contribution is -2.42. The number of phosphoric ester groups is 1. The molecular formula is C42H81O12P. The molecule has 0 aliphatic rings. The van der Waals surface area contributed by atoms with Crippen LogP contribution in [0.4, 0.5) is 0 Å². The molecule has 12 nitrogen and oxygen atoms in total. The Kier molecular flexibility index (Phi) is 35.8. The Morgan fingerprint density at radius 2 is 1.05 bits per heavy atom. The lowest BCUT2D eigenvalue weighted by molar-refractivity contribution is -0.161. The fourth-order valence-electron chi connectivity index (χ4n) is 6.10. The van der Waals surface area contributed by atoms with Gasteiger partial charge >= 0.3 is 19.8 Å². The van der Waals surface area contributed by atoms with Gasteiger partial charge in [-0.2, -0.15) is 0 Å². The third-order valence-corrected chi connectivity index (χ3v) is 10.6. The molecule has 0 aromatic rings. The molecule has 0 aliphatic carbocycles. The fourth-order valence-corrected chi connectivity index (χ4v) is 7.03. The summed E-state index contributed by atoms with van der Waals surface area (Å²) in [4.78, 5) is 35.5. The minimum atomic E-state index is -5.07. The summed E-state index contributed by atoms with van der Waals surface area (Å²) < 4.78 is 41.3. The number of carbonyl (C=O) groups excluding carboxylic acids is 2. The predicted octanol–water partition coefficient (Wildman–Crippen LogP) is 9.17. The quantitative estimate of drug-likeness (QED) is 0.0171. The molecule has 0 saturated heterocycles. The van der Waals surface area contributed by atoms with Crippen LogP contribution in [-0.4, -0.2) is 88.1 Å². The van der Waals surface area contributed by atoms with Crippen LogP contribution in [0, 0.1) is 0 Å².